The van der Waals surface area contributed by atoms with Crippen LogP contribution in [0.4, 0.5) is 5.69 Å². The predicted molar refractivity (Wildman–Crippen MR) is 98.0 cm³/mol. The van der Waals surface area contributed by atoms with Crippen LogP contribution in [0.2, 0.25) is 0 Å². The van der Waals surface area contributed by atoms with Crippen LogP contribution in [0.3, 0.4) is 0 Å². The second kappa shape index (κ2) is 6.05. The number of anilines is 1. The van der Waals surface area contributed by atoms with Crippen LogP contribution in [0.5, 0.6) is 0 Å². The quantitative estimate of drug-likeness (QED) is 0.880. The molecule has 0 saturated carbocycles. The van der Waals surface area contributed by atoms with Crippen LogP contribution in [0.15, 0.2) is 41.5 Å². The molecule has 0 bridgehead atoms. The van der Waals surface area contributed by atoms with E-state index < -0.39 is 0 Å². The lowest BCUT2D eigenvalue weighted by molar-refractivity contribution is -0.112. The predicted octanol–water partition coefficient (Wildman–Crippen LogP) is 2.15. The average Bonchev–Trinajstić information content (AvgIpc) is 3.25. The summed E-state index contributed by atoms with van der Waals surface area (Å²) in [7, 11) is 1.89. The minimum absolute atomic E-state index is 0.103. The van der Waals surface area contributed by atoms with Gasteiger partial charge in [0.15, 0.2) is 0 Å². The number of carbonyl (C=O) groups is 1. The molecule has 0 saturated heterocycles. The molecule has 128 valence electrons. The molecule has 1 amide bonds. The van der Waals surface area contributed by atoms with E-state index in [1.807, 2.05) is 50.6 Å². The topological polar surface area (TPSA) is 75.1 Å². The largest absolute Gasteiger partial charge is 0.321 e. The Balaban J connectivity index is 1.56. The molecule has 25 heavy (non-hydrogen) atoms. The molecule has 0 fully saturated rings. The molecule has 0 spiro atoms. The molecule has 7 nitrogen and oxygen atoms in total. The maximum atomic E-state index is 12.8. The Morgan fingerprint density at radius 2 is 2.20 bits per heavy atom. The van der Waals surface area contributed by atoms with Gasteiger partial charge in [-0.05, 0) is 25.5 Å². The first-order chi connectivity index (χ1) is 12.0. The van der Waals surface area contributed by atoms with Crippen molar-refractivity contribution in [3.05, 3.63) is 58.3 Å². The van der Waals surface area contributed by atoms with Crippen molar-refractivity contribution < 1.29 is 4.79 Å². The molecule has 2 N–H and O–H groups in total. The second-order valence-electron chi connectivity index (χ2n) is 6.09. The smallest absolute Gasteiger partial charge is 0.255 e. The second-order valence-corrected chi connectivity index (χ2v) is 7.12. The molecule has 0 radical (unpaired) electrons. The first kappa shape index (κ1) is 15.9. The summed E-state index contributed by atoms with van der Waals surface area (Å²) in [6.07, 6.45) is 7.57. The number of hydrogen-bond donors (Lipinski definition) is 2. The highest BCUT2D eigenvalue weighted by Gasteiger charge is 2.32. The summed E-state index contributed by atoms with van der Waals surface area (Å²) in [5, 5.41) is 10.0. The number of thioether (sulfide) groups is 1. The van der Waals surface area contributed by atoms with Gasteiger partial charge in [-0.1, -0.05) is 11.8 Å². The zero-order chi connectivity index (χ0) is 17.6. The van der Waals surface area contributed by atoms with Crippen LogP contribution >= 0.6 is 11.8 Å². The Labute approximate surface area is 149 Å². The maximum Gasteiger partial charge on any atom is 0.255 e. The molecule has 0 aromatic carbocycles. The van der Waals surface area contributed by atoms with Crippen LogP contribution < -0.4 is 10.7 Å². The Morgan fingerprint density at radius 1 is 1.36 bits per heavy atom. The van der Waals surface area contributed by atoms with Crippen LogP contribution in [0.25, 0.3) is 4.91 Å². The highest BCUT2D eigenvalue weighted by Crippen LogP contribution is 2.44. The standard InChI is InChI=1S/C17H18N6OS/c1-10-4-14(11(2)18-5-10)21-16(24)13-7-20-23-9-15(25-17(13)23)12-6-19-22(3)8-12/h4-6,8-9,20H,7H2,1-3H3,(H,21,24). The van der Waals surface area contributed by atoms with Gasteiger partial charge in [0, 0.05) is 42.7 Å². The summed E-state index contributed by atoms with van der Waals surface area (Å²) in [6, 6.07) is 1.94. The number of aromatic nitrogens is 3. The number of rotatable bonds is 3. The highest BCUT2D eigenvalue weighted by molar-refractivity contribution is 8.12. The summed E-state index contributed by atoms with van der Waals surface area (Å²) in [4.78, 5) is 18.1. The van der Waals surface area contributed by atoms with Crippen molar-refractivity contribution >= 4 is 28.3 Å². The van der Waals surface area contributed by atoms with Crippen LogP contribution in [-0.4, -0.2) is 32.2 Å². The normalized spacial score (nSPS) is 16.3. The zero-order valence-electron chi connectivity index (χ0n) is 14.2. The minimum Gasteiger partial charge on any atom is -0.321 e. The Morgan fingerprint density at radius 3 is 2.96 bits per heavy atom. The molecule has 0 unspecified atom stereocenters. The number of nitrogens with one attached hydrogen (secondary N) is 2. The van der Waals surface area contributed by atoms with Crippen LogP contribution in [0.1, 0.15) is 16.8 Å². The number of hydrogen-bond acceptors (Lipinski definition) is 6. The third kappa shape index (κ3) is 2.94. The van der Waals surface area contributed by atoms with Gasteiger partial charge in [-0.25, -0.2) is 5.43 Å². The van der Waals surface area contributed by atoms with Crippen molar-refractivity contribution in [2.75, 3.05) is 11.9 Å². The lowest BCUT2D eigenvalue weighted by Gasteiger charge is -2.10. The minimum atomic E-state index is -0.103. The van der Waals surface area contributed by atoms with Gasteiger partial charge in [0.25, 0.3) is 5.91 Å². The maximum absolute atomic E-state index is 12.8. The molecule has 0 atom stereocenters. The zero-order valence-corrected chi connectivity index (χ0v) is 15.0. The summed E-state index contributed by atoms with van der Waals surface area (Å²) in [5.74, 6) is -0.103. The van der Waals surface area contributed by atoms with E-state index >= 15 is 0 Å². The fourth-order valence-electron chi connectivity index (χ4n) is 2.74. The molecule has 8 heteroatoms. The first-order valence-electron chi connectivity index (χ1n) is 7.90. The summed E-state index contributed by atoms with van der Waals surface area (Å²) in [5.41, 5.74) is 7.56. The van der Waals surface area contributed by atoms with Gasteiger partial charge in [-0.3, -0.25) is 19.5 Å². The average molecular weight is 354 g/mol. The summed E-state index contributed by atoms with van der Waals surface area (Å²) >= 11 is 1.58. The number of amides is 1. The van der Waals surface area contributed by atoms with Gasteiger partial charge in [0.2, 0.25) is 0 Å². The van der Waals surface area contributed by atoms with E-state index in [-0.39, 0.29) is 5.91 Å². The summed E-state index contributed by atoms with van der Waals surface area (Å²) < 4.78 is 1.77. The Hall–Kier alpha value is -2.58. The van der Waals surface area contributed by atoms with Crippen molar-refractivity contribution in [3.8, 4) is 0 Å². The molecule has 4 rings (SSSR count). The van der Waals surface area contributed by atoms with Crippen molar-refractivity contribution in [1.29, 1.82) is 0 Å². The SMILES string of the molecule is Cc1cnc(C)c(NC(=O)C2=C3SC(c4cnn(C)c4)=CN3NC2)c1. The van der Waals surface area contributed by atoms with Crippen molar-refractivity contribution in [3.63, 3.8) is 0 Å². The number of nitrogens with zero attached hydrogens (tertiary/aromatic N) is 4. The van der Waals surface area contributed by atoms with Crippen LogP contribution in [0, 0.1) is 13.8 Å². The highest BCUT2D eigenvalue weighted by atomic mass is 32.2. The van der Waals surface area contributed by atoms with Crippen molar-refractivity contribution in [2.45, 2.75) is 13.8 Å². The number of hydrazine groups is 1. The lowest BCUT2D eigenvalue weighted by atomic mass is 10.2. The van der Waals surface area contributed by atoms with Gasteiger partial charge < -0.3 is 5.32 Å². The fourth-order valence-corrected chi connectivity index (χ4v) is 3.83. The van der Waals surface area contributed by atoms with Gasteiger partial charge >= 0.3 is 0 Å². The van der Waals surface area contributed by atoms with E-state index in [0.717, 1.165) is 38.0 Å². The molecule has 2 aliphatic heterocycles. The van der Waals surface area contributed by atoms with Crippen molar-refractivity contribution in [2.24, 2.45) is 7.05 Å². The van der Waals surface area contributed by atoms with E-state index in [2.05, 4.69) is 20.8 Å². The Kier molecular flexibility index (Phi) is 3.85. The van der Waals surface area contributed by atoms with Crippen molar-refractivity contribution in [1.82, 2.24) is 25.2 Å². The summed E-state index contributed by atoms with van der Waals surface area (Å²) in [6.45, 7) is 4.35. The third-order valence-electron chi connectivity index (χ3n) is 4.09. The molecular formula is C17H18N6OS. The molecule has 0 aliphatic carbocycles. The van der Waals surface area contributed by atoms with Gasteiger partial charge in [-0.2, -0.15) is 5.10 Å². The van der Waals surface area contributed by atoms with E-state index in [0.29, 0.717) is 6.54 Å². The van der Waals surface area contributed by atoms with E-state index in [9.17, 15) is 4.79 Å². The van der Waals surface area contributed by atoms with Gasteiger partial charge in [0.1, 0.15) is 5.03 Å². The monoisotopic (exact) mass is 354 g/mol. The van der Waals surface area contributed by atoms with Crippen LogP contribution in [-0.2, 0) is 11.8 Å². The Bertz CT molecular complexity index is 929. The first-order valence-corrected chi connectivity index (χ1v) is 8.72. The van der Waals surface area contributed by atoms with E-state index in [1.165, 1.54) is 0 Å². The lowest BCUT2D eigenvalue weighted by Crippen LogP contribution is -2.25. The molecular weight excluding hydrogens is 336 g/mol. The molecule has 4 heterocycles. The molecule has 2 aromatic rings. The fraction of sp³-hybridized carbons (Fsp3) is 0.235. The number of pyridine rings is 1. The third-order valence-corrected chi connectivity index (χ3v) is 5.29. The van der Waals surface area contributed by atoms with Gasteiger partial charge in [0.05, 0.1) is 23.2 Å². The molecule has 2 aromatic heterocycles. The number of aryl methyl sites for hydroxylation is 3. The number of fused-ring (bicyclic) bond motifs is 1. The molecule has 2 aliphatic rings. The number of carbonyl (C=O) groups excluding carboxylic acids is 1. The van der Waals surface area contributed by atoms with E-state index in [1.54, 1.807) is 22.6 Å². The van der Waals surface area contributed by atoms with E-state index in [4.69, 9.17) is 0 Å². The van der Waals surface area contributed by atoms with Gasteiger partial charge in [-0.15, -0.1) is 0 Å².